The Bertz CT molecular complexity index is 1260. The van der Waals surface area contributed by atoms with Crippen molar-refractivity contribution in [1.29, 1.82) is 0 Å². The van der Waals surface area contributed by atoms with Crippen LogP contribution in [0.15, 0.2) is 12.1 Å². The molecule has 0 bridgehead atoms. The molecule has 1 aromatic carbocycles. The smallest absolute Gasteiger partial charge is 0.377 e. The summed E-state index contributed by atoms with van der Waals surface area (Å²) in [7, 11) is -13.0. The molecule has 0 aliphatic heterocycles. The second kappa shape index (κ2) is 14.1. The van der Waals surface area contributed by atoms with E-state index in [1.165, 1.54) is 0 Å². The van der Waals surface area contributed by atoms with Gasteiger partial charge in [0.05, 0.1) is 0 Å². The van der Waals surface area contributed by atoms with E-state index in [1.54, 1.807) is 12.1 Å². The van der Waals surface area contributed by atoms with Crippen molar-refractivity contribution in [1.82, 2.24) is 0 Å². The molecule has 0 heterocycles. The summed E-state index contributed by atoms with van der Waals surface area (Å²) in [5, 5.41) is -6.32. The van der Waals surface area contributed by atoms with Gasteiger partial charge in [-0.05, 0) is 73.0 Å². The third kappa shape index (κ3) is 7.60. The summed E-state index contributed by atoms with van der Waals surface area (Å²) in [5.41, 5.74) is -3.25. The Morgan fingerprint density at radius 2 is 1.40 bits per heavy atom. The van der Waals surface area contributed by atoms with Crippen LogP contribution in [0, 0.1) is 0 Å². The van der Waals surface area contributed by atoms with E-state index in [1.807, 2.05) is 13.8 Å². The zero-order chi connectivity index (χ0) is 31.3. The summed E-state index contributed by atoms with van der Waals surface area (Å²) >= 11 is 0. The van der Waals surface area contributed by atoms with Gasteiger partial charge in [-0.15, -0.1) is 0 Å². The second-order valence-electron chi connectivity index (χ2n) is 11.8. The molecule has 0 saturated heterocycles. The molecule has 2 atom stereocenters. The fourth-order valence-corrected chi connectivity index (χ4v) is 7.89. The van der Waals surface area contributed by atoms with Crippen molar-refractivity contribution in [2.45, 2.75) is 145 Å². The van der Waals surface area contributed by atoms with Crippen LogP contribution >= 0.6 is 0 Å². The van der Waals surface area contributed by atoms with Crippen LogP contribution in [0.3, 0.4) is 0 Å². The van der Waals surface area contributed by atoms with Gasteiger partial charge in [-0.25, -0.2) is 4.39 Å². The molecular weight excluding hydrogens is 603 g/mol. The number of alkyl halides is 5. The monoisotopic (exact) mass is 646 g/mol. The van der Waals surface area contributed by atoms with Crippen LogP contribution in [0.1, 0.15) is 145 Å². The van der Waals surface area contributed by atoms with Gasteiger partial charge in [-0.3, -0.25) is 4.55 Å². The number of benzene rings is 1. The molecule has 2 aliphatic carbocycles. The Kier molecular flexibility index (Phi) is 11.7. The molecule has 1 N–H and O–H groups in total. The molecule has 2 fully saturated rings. The third-order valence-electron chi connectivity index (χ3n) is 8.82. The highest BCUT2D eigenvalue weighted by molar-refractivity contribution is 7.88. The first-order valence-electron chi connectivity index (χ1n) is 15.1. The number of halogens is 5. The lowest BCUT2D eigenvalue weighted by molar-refractivity contribution is -0.179. The number of unbranched alkanes of at least 4 members (excludes halogenated alkanes) is 1. The first-order chi connectivity index (χ1) is 19.6. The normalized spacial score (nSPS) is 20.2. The average Bonchev–Trinajstić information content (AvgIpc) is 3.23. The predicted octanol–water partition coefficient (Wildman–Crippen LogP) is 8.98. The minimum Gasteiger partial charge on any atom is -0.377 e. The first-order valence-corrected chi connectivity index (χ1v) is 18.0. The topological polar surface area (TPSA) is 97.7 Å². The van der Waals surface area contributed by atoms with Gasteiger partial charge in [0.2, 0.25) is 0 Å². The van der Waals surface area contributed by atoms with Crippen LogP contribution in [0.5, 0.6) is 5.75 Å². The van der Waals surface area contributed by atoms with Crippen molar-refractivity contribution in [3.8, 4) is 5.75 Å². The molecule has 0 amide bonds. The summed E-state index contributed by atoms with van der Waals surface area (Å²) < 4.78 is 135. The van der Waals surface area contributed by atoms with E-state index in [9.17, 15) is 38.8 Å². The van der Waals surface area contributed by atoms with E-state index in [-0.39, 0.29) is 17.8 Å². The fourth-order valence-electron chi connectivity index (χ4n) is 6.34. The van der Waals surface area contributed by atoms with Crippen molar-refractivity contribution in [3.05, 3.63) is 28.8 Å². The maximum atomic E-state index is 15.0. The lowest BCUT2D eigenvalue weighted by Gasteiger charge is -2.31. The minimum atomic E-state index is -6.67. The Hall–Kier alpha value is -1.47. The van der Waals surface area contributed by atoms with Crippen LogP contribution in [-0.4, -0.2) is 38.1 Å². The van der Waals surface area contributed by atoms with E-state index in [0.717, 1.165) is 76.2 Å². The SMILES string of the molecule is CCCCC(CC)c1cc(C2CCCCC2)cc(C2CCCCCC2)c1OS(=O)(=O)C(F)(F)C(F)(F)C(F)S(=O)(=O)O. The highest BCUT2D eigenvalue weighted by Crippen LogP contribution is 2.49. The summed E-state index contributed by atoms with van der Waals surface area (Å²) in [6.45, 7) is 3.83. The Balaban J connectivity index is 2.25. The molecule has 0 radical (unpaired) electrons. The highest BCUT2D eigenvalue weighted by atomic mass is 32.2. The summed E-state index contributed by atoms with van der Waals surface area (Å²) in [6.07, 6.45) is 12.3. The molecule has 0 aromatic heterocycles. The van der Waals surface area contributed by atoms with Gasteiger partial charge in [0.25, 0.3) is 5.50 Å². The molecular formula is C29H43F5O6S2. The van der Waals surface area contributed by atoms with E-state index >= 15 is 0 Å². The van der Waals surface area contributed by atoms with E-state index in [2.05, 4.69) is 0 Å². The van der Waals surface area contributed by atoms with Crippen LogP contribution in [0.25, 0.3) is 0 Å². The van der Waals surface area contributed by atoms with Crippen LogP contribution < -0.4 is 4.18 Å². The summed E-state index contributed by atoms with van der Waals surface area (Å²) in [5.74, 6) is -7.21. The lowest BCUT2D eigenvalue weighted by atomic mass is 9.78. The van der Waals surface area contributed by atoms with Gasteiger partial charge < -0.3 is 4.18 Å². The number of hydrogen-bond donors (Lipinski definition) is 1. The maximum Gasteiger partial charge on any atom is 0.447 e. The Morgan fingerprint density at radius 1 is 0.881 bits per heavy atom. The zero-order valence-electron chi connectivity index (χ0n) is 24.3. The molecule has 42 heavy (non-hydrogen) atoms. The van der Waals surface area contributed by atoms with Crippen LogP contribution in [0.4, 0.5) is 22.0 Å². The molecule has 1 aromatic rings. The quantitative estimate of drug-likeness (QED) is 0.0995. The fraction of sp³-hybridized carbons (Fsp3) is 0.793. The second-order valence-corrected chi connectivity index (χ2v) is 14.8. The van der Waals surface area contributed by atoms with Crippen LogP contribution in [-0.2, 0) is 20.2 Å². The maximum absolute atomic E-state index is 15.0. The molecule has 242 valence electrons. The average molecular weight is 647 g/mol. The van der Waals surface area contributed by atoms with Crippen molar-refractivity contribution in [2.24, 2.45) is 0 Å². The molecule has 2 aliphatic rings. The van der Waals surface area contributed by atoms with Gasteiger partial charge in [-0.1, -0.05) is 83.8 Å². The molecule has 6 nitrogen and oxygen atoms in total. The number of rotatable bonds is 13. The molecule has 0 spiro atoms. The van der Waals surface area contributed by atoms with Crippen molar-refractivity contribution in [2.75, 3.05) is 0 Å². The van der Waals surface area contributed by atoms with Gasteiger partial charge in [0.1, 0.15) is 5.75 Å². The van der Waals surface area contributed by atoms with Gasteiger partial charge in [0, 0.05) is 0 Å². The van der Waals surface area contributed by atoms with Gasteiger partial charge >= 0.3 is 31.4 Å². The standard InChI is InChI=1S/C29H43F5O6S2/c1-3-5-13-20(4-2)24-18-23(21-14-11-8-12-15-21)19-25(22-16-9-6-7-10-17-22)26(24)40-42(38,39)29(33,34)28(31,32)27(30)41(35,36)37/h18-22,27H,3-17H2,1-2H3,(H,35,36,37). The molecule has 2 unspecified atom stereocenters. The largest absolute Gasteiger partial charge is 0.447 e. The lowest BCUT2D eigenvalue weighted by Crippen LogP contribution is -2.56. The van der Waals surface area contributed by atoms with Crippen LogP contribution in [0.2, 0.25) is 0 Å². The third-order valence-corrected chi connectivity index (χ3v) is 10.9. The van der Waals surface area contributed by atoms with Gasteiger partial charge in [0.15, 0.2) is 0 Å². The Labute approximate surface area is 246 Å². The highest BCUT2D eigenvalue weighted by Gasteiger charge is 2.74. The molecule has 3 rings (SSSR count). The first kappa shape index (κ1) is 35.0. The Morgan fingerprint density at radius 3 is 1.90 bits per heavy atom. The zero-order valence-corrected chi connectivity index (χ0v) is 25.9. The van der Waals surface area contributed by atoms with E-state index < -0.39 is 42.7 Å². The molecule has 2 saturated carbocycles. The van der Waals surface area contributed by atoms with Crippen molar-refractivity contribution >= 4 is 20.2 Å². The van der Waals surface area contributed by atoms with Crippen molar-refractivity contribution in [3.63, 3.8) is 0 Å². The van der Waals surface area contributed by atoms with Crippen molar-refractivity contribution < 1.29 is 47.5 Å². The minimum absolute atomic E-state index is 0.171. The molecule has 13 heteroatoms. The number of hydrogen-bond acceptors (Lipinski definition) is 5. The van der Waals surface area contributed by atoms with Gasteiger partial charge in [-0.2, -0.15) is 34.4 Å². The summed E-state index contributed by atoms with van der Waals surface area (Å²) in [4.78, 5) is 0. The van der Waals surface area contributed by atoms with E-state index in [0.29, 0.717) is 36.8 Å². The summed E-state index contributed by atoms with van der Waals surface area (Å²) in [6, 6.07) is 3.54. The van der Waals surface area contributed by atoms with E-state index in [4.69, 9.17) is 8.74 Å². The predicted molar refractivity (Wildman–Crippen MR) is 151 cm³/mol.